The molecular weight excluding hydrogens is 291 g/mol. The van der Waals surface area contributed by atoms with Crippen LogP contribution in [0, 0.1) is 29.6 Å². The van der Waals surface area contributed by atoms with Gasteiger partial charge in [-0.25, -0.2) is 0 Å². The van der Waals surface area contributed by atoms with Gasteiger partial charge in [-0.3, -0.25) is 0 Å². The van der Waals surface area contributed by atoms with Gasteiger partial charge in [-0.2, -0.15) is 0 Å². The van der Waals surface area contributed by atoms with Crippen molar-refractivity contribution in [2.24, 2.45) is 29.6 Å². The molecule has 5 atom stereocenters. The van der Waals surface area contributed by atoms with Crippen molar-refractivity contribution in [2.45, 2.75) is 31.1 Å². The molecule has 5 rings (SSSR count). The fraction of sp³-hybridized carbons (Fsp3) is 0.647. The van der Waals surface area contributed by atoms with E-state index in [0.29, 0.717) is 5.92 Å². The summed E-state index contributed by atoms with van der Waals surface area (Å²) < 4.78 is 5.83. The molecule has 1 aromatic rings. The average Bonchev–Trinajstić information content (AvgIpc) is 2.84. The quantitative estimate of drug-likeness (QED) is 0.710. The Kier molecular flexibility index (Phi) is 2.48. The molecule has 0 radical (unpaired) electrons. The van der Waals surface area contributed by atoms with Crippen molar-refractivity contribution in [3.8, 4) is 5.75 Å². The van der Waals surface area contributed by atoms with Gasteiger partial charge in [-0.15, -0.1) is 11.6 Å². The maximum atomic E-state index is 6.88. The minimum atomic E-state index is 0.0962. The van der Waals surface area contributed by atoms with Crippen molar-refractivity contribution in [1.29, 1.82) is 0 Å². The molecule has 0 N–H and O–H groups in total. The summed E-state index contributed by atoms with van der Waals surface area (Å²) in [7, 11) is 0. The largest absolute Gasteiger partial charge is 0.493 e. The second-order valence-corrected chi connectivity index (χ2v) is 7.96. The number of benzene rings is 1. The molecule has 5 unspecified atom stereocenters. The summed E-state index contributed by atoms with van der Waals surface area (Å²) in [5.41, 5.74) is 2.40. The summed E-state index contributed by atoms with van der Waals surface area (Å²) in [6.07, 6.45) is 5.32. The molecule has 1 aromatic carbocycles. The van der Waals surface area contributed by atoms with Gasteiger partial charge < -0.3 is 4.74 Å². The van der Waals surface area contributed by atoms with Gasteiger partial charge in [0, 0.05) is 17.0 Å². The van der Waals surface area contributed by atoms with Gasteiger partial charge in [0.15, 0.2) is 0 Å². The Hall–Kier alpha value is -0.400. The lowest BCUT2D eigenvalue weighted by atomic mass is 9.95. The number of hydrogen-bond donors (Lipinski definition) is 0. The van der Waals surface area contributed by atoms with Crippen LogP contribution in [0.4, 0.5) is 0 Å². The number of alkyl halides is 1. The van der Waals surface area contributed by atoms with E-state index < -0.39 is 0 Å². The smallest absolute Gasteiger partial charge is 0.127 e. The van der Waals surface area contributed by atoms with Crippen molar-refractivity contribution in [1.82, 2.24) is 0 Å². The Morgan fingerprint density at radius 2 is 1.90 bits per heavy atom. The third-order valence-electron chi connectivity index (χ3n) is 6.21. The predicted molar refractivity (Wildman–Crippen MR) is 80.5 cm³/mol. The Morgan fingerprint density at radius 3 is 2.65 bits per heavy atom. The Bertz CT molecular complexity index is 569. The van der Waals surface area contributed by atoms with E-state index in [4.69, 9.17) is 27.9 Å². The number of fused-ring (bicyclic) bond motifs is 6. The predicted octanol–water partition coefficient (Wildman–Crippen LogP) is 4.85. The van der Waals surface area contributed by atoms with E-state index in [1.165, 1.54) is 24.8 Å². The molecule has 3 fully saturated rings. The lowest BCUT2D eigenvalue weighted by molar-refractivity contribution is 0.350. The van der Waals surface area contributed by atoms with E-state index in [0.717, 1.165) is 53.0 Å². The third kappa shape index (κ3) is 1.51. The highest BCUT2D eigenvalue weighted by molar-refractivity contribution is 6.31. The Labute approximate surface area is 129 Å². The first-order chi connectivity index (χ1) is 9.74. The molecule has 0 spiro atoms. The van der Waals surface area contributed by atoms with Crippen LogP contribution in [0.15, 0.2) is 12.1 Å². The molecule has 2 bridgehead atoms. The van der Waals surface area contributed by atoms with Crippen LogP contribution in [-0.4, -0.2) is 6.61 Å². The third-order valence-corrected chi connectivity index (χ3v) is 6.95. The zero-order valence-corrected chi connectivity index (χ0v) is 12.8. The molecule has 1 nitrogen and oxygen atoms in total. The van der Waals surface area contributed by atoms with Crippen LogP contribution in [0.3, 0.4) is 0 Å². The van der Waals surface area contributed by atoms with Crippen molar-refractivity contribution >= 4 is 23.2 Å². The first-order valence-electron chi connectivity index (χ1n) is 7.83. The molecule has 1 heterocycles. The van der Waals surface area contributed by atoms with Crippen LogP contribution in [-0.2, 0) is 6.42 Å². The minimum Gasteiger partial charge on any atom is -0.493 e. The van der Waals surface area contributed by atoms with Crippen LogP contribution in [0.1, 0.15) is 35.8 Å². The summed E-state index contributed by atoms with van der Waals surface area (Å²) in [4.78, 5) is 0. The van der Waals surface area contributed by atoms with Crippen molar-refractivity contribution in [3.05, 3.63) is 28.3 Å². The molecular formula is C17H18Cl2O. The van der Waals surface area contributed by atoms with Crippen LogP contribution >= 0.6 is 23.2 Å². The first-order valence-corrected chi connectivity index (χ1v) is 8.64. The number of rotatable bonds is 2. The van der Waals surface area contributed by atoms with Gasteiger partial charge in [-0.05, 0) is 66.5 Å². The second kappa shape index (κ2) is 4.08. The van der Waals surface area contributed by atoms with Crippen LogP contribution in [0.25, 0.3) is 0 Å². The van der Waals surface area contributed by atoms with E-state index >= 15 is 0 Å². The van der Waals surface area contributed by atoms with E-state index in [9.17, 15) is 0 Å². The lowest BCUT2D eigenvalue weighted by Gasteiger charge is -2.17. The van der Waals surface area contributed by atoms with Crippen LogP contribution < -0.4 is 4.74 Å². The highest BCUT2D eigenvalue weighted by Gasteiger charge is 2.66. The molecule has 3 heteroatoms. The molecule has 4 aliphatic rings. The second-order valence-electron chi connectivity index (χ2n) is 7.05. The van der Waals surface area contributed by atoms with Crippen molar-refractivity contribution in [2.75, 3.05) is 6.61 Å². The number of ether oxygens (including phenoxy) is 1. The van der Waals surface area contributed by atoms with Gasteiger partial charge in [0.1, 0.15) is 5.75 Å². The lowest BCUT2D eigenvalue weighted by Crippen LogP contribution is -2.05. The molecule has 0 aromatic heterocycles. The van der Waals surface area contributed by atoms with Gasteiger partial charge in [0.2, 0.25) is 0 Å². The molecule has 1 aliphatic heterocycles. The van der Waals surface area contributed by atoms with Gasteiger partial charge >= 0.3 is 0 Å². The Balaban J connectivity index is 1.49. The summed E-state index contributed by atoms with van der Waals surface area (Å²) in [6.45, 7) is 0.773. The van der Waals surface area contributed by atoms with E-state index in [1.807, 2.05) is 12.1 Å². The van der Waals surface area contributed by atoms with Gasteiger partial charge in [0.25, 0.3) is 0 Å². The van der Waals surface area contributed by atoms with Crippen LogP contribution in [0.5, 0.6) is 5.75 Å². The summed E-state index contributed by atoms with van der Waals surface area (Å²) in [5.74, 6) is 5.43. The zero-order valence-electron chi connectivity index (χ0n) is 11.3. The zero-order chi connectivity index (χ0) is 13.4. The van der Waals surface area contributed by atoms with E-state index in [-0.39, 0.29) is 5.38 Å². The highest BCUT2D eigenvalue weighted by atomic mass is 35.5. The molecule has 3 saturated carbocycles. The maximum Gasteiger partial charge on any atom is 0.127 e. The average molecular weight is 309 g/mol. The Morgan fingerprint density at radius 1 is 1.15 bits per heavy atom. The molecule has 20 heavy (non-hydrogen) atoms. The summed E-state index contributed by atoms with van der Waals surface area (Å²) in [6, 6.07) is 4.08. The molecule has 3 aliphatic carbocycles. The minimum absolute atomic E-state index is 0.0962. The van der Waals surface area contributed by atoms with Gasteiger partial charge in [-0.1, -0.05) is 11.6 Å². The molecule has 0 saturated heterocycles. The maximum absolute atomic E-state index is 6.88. The van der Waals surface area contributed by atoms with E-state index in [1.54, 1.807) is 0 Å². The summed E-state index contributed by atoms with van der Waals surface area (Å²) >= 11 is 13.2. The number of hydrogen-bond acceptors (Lipinski definition) is 1. The SMILES string of the molecule is Clc1cc2c(c(C(Cl)C3C4C5CCC(C5)C43)c1)OCC2. The molecule has 0 amide bonds. The van der Waals surface area contributed by atoms with Crippen LogP contribution in [0.2, 0.25) is 5.02 Å². The normalized spacial score (nSPS) is 41.2. The first kappa shape index (κ1) is 12.2. The van der Waals surface area contributed by atoms with E-state index in [2.05, 4.69) is 0 Å². The topological polar surface area (TPSA) is 9.23 Å². The fourth-order valence-corrected chi connectivity index (χ4v) is 6.24. The van der Waals surface area contributed by atoms with Crippen molar-refractivity contribution in [3.63, 3.8) is 0 Å². The monoisotopic (exact) mass is 308 g/mol. The standard InChI is InChI=1S/C17H18Cl2O/c18-11-6-10-3-4-20-17(10)12(7-11)16(19)15-13-8-1-2-9(5-8)14(13)15/h6-9,13-16H,1-5H2. The summed E-state index contributed by atoms with van der Waals surface area (Å²) in [5, 5.41) is 0.905. The number of halogens is 2. The fourth-order valence-electron chi connectivity index (χ4n) is 5.49. The van der Waals surface area contributed by atoms with Gasteiger partial charge in [0.05, 0.1) is 12.0 Å². The van der Waals surface area contributed by atoms with Crippen molar-refractivity contribution < 1.29 is 4.74 Å². The molecule has 106 valence electrons. The highest BCUT2D eigenvalue weighted by Crippen LogP contribution is 2.73.